The van der Waals surface area contributed by atoms with Gasteiger partial charge in [0, 0.05) is 50.6 Å². The normalized spacial score (nSPS) is 12.9. The number of nitrogen functional groups attached to an aromatic ring is 2. The second-order valence-corrected chi connectivity index (χ2v) is 15.9. The molecule has 2 aliphatic heterocycles. The lowest BCUT2D eigenvalue weighted by Gasteiger charge is -2.25. The van der Waals surface area contributed by atoms with Crippen LogP contribution < -0.4 is 37.5 Å². The highest BCUT2D eigenvalue weighted by Gasteiger charge is 2.14. The number of nitrogens with one attached hydrogen (secondary N) is 2. The summed E-state index contributed by atoms with van der Waals surface area (Å²) in [6.45, 7) is 10.6. The number of oxime groups is 1. The minimum absolute atomic E-state index is 0. The Morgan fingerprint density at radius 1 is 0.622 bits per heavy atom. The van der Waals surface area contributed by atoms with Crippen LogP contribution in [0.25, 0.3) is 0 Å². The van der Waals surface area contributed by atoms with Gasteiger partial charge < -0.3 is 50.7 Å². The minimum Gasteiger partial charge on any atom is -0.487 e. The smallest absolute Gasteiger partial charge is 0.157 e. The molecule has 0 spiro atoms. The van der Waals surface area contributed by atoms with Gasteiger partial charge in [-0.1, -0.05) is 104 Å². The van der Waals surface area contributed by atoms with Crippen LogP contribution in [-0.2, 0) is 32.4 Å². The summed E-state index contributed by atoms with van der Waals surface area (Å²) in [7, 11) is 0. The monoisotopic (exact) mass is 1120 g/mol. The fraction of sp³-hybridized carbons (Fsp3) is 0.320. The third-order valence-corrected chi connectivity index (χ3v) is 10.9. The highest BCUT2D eigenvalue weighted by atomic mass is 35.5. The van der Waals surface area contributed by atoms with Crippen molar-refractivity contribution in [1.82, 2.24) is 29.7 Å². The minimum atomic E-state index is 0. The summed E-state index contributed by atoms with van der Waals surface area (Å²) in [5.74, 6) is 7.24. The first-order valence-electron chi connectivity index (χ1n) is 22.0. The number of morpholine rings is 2. The first-order chi connectivity index (χ1) is 33.8. The number of nitrogens with zero attached hydrogens (tertiary/aromatic N) is 7. The van der Waals surface area contributed by atoms with Gasteiger partial charge >= 0.3 is 0 Å². The van der Waals surface area contributed by atoms with Gasteiger partial charge in [0.1, 0.15) is 67.2 Å². The Hall–Kier alpha value is -5.81. The van der Waals surface area contributed by atoms with Gasteiger partial charge in [0.05, 0.1) is 60.4 Å². The lowest BCUT2D eigenvalue weighted by atomic mass is 10.2. The summed E-state index contributed by atoms with van der Waals surface area (Å²) in [6.07, 6.45) is 4.78. The van der Waals surface area contributed by atoms with E-state index in [0.717, 1.165) is 82.5 Å². The summed E-state index contributed by atoms with van der Waals surface area (Å²) >= 11 is 12.7. The van der Waals surface area contributed by atoms with Gasteiger partial charge in [-0.05, 0) is 47.5 Å². The van der Waals surface area contributed by atoms with Crippen LogP contribution in [0.4, 0.5) is 34.6 Å². The number of halogens is 5. The van der Waals surface area contributed by atoms with Crippen molar-refractivity contribution in [2.45, 2.75) is 28.1 Å². The van der Waals surface area contributed by atoms with Crippen molar-refractivity contribution in [3.63, 3.8) is 0 Å². The van der Waals surface area contributed by atoms with Crippen molar-refractivity contribution >= 4 is 108 Å². The maximum atomic E-state index is 11.1. The number of rotatable bonds is 19. The van der Waals surface area contributed by atoms with Crippen LogP contribution in [0.3, 0.4) is 0 Å². The highest BCUT2D eigenvalue weighted by molar-refractivity contribution is 6.32. The molecule has 4 aromatic carbocycles. The maximum absolute atomic E-state index is 11.1. The molecule has 0 aliphatic carbocycles. The van der Waals surface area contributed by atoms with Crippen LogP contribution in [0.1, 0.15) is 41.9 Å². The molecule has 0 atom stereocenters. The highest BCUT2D eigenvalue weighted by Crippen LogP contribution is 2.32. The van der Waals surface area contributed by atoms with Crippen LogP contribution >= 0.6 is 60.4 Å². The fourth-order valence-electron chi connectivity index (χ4n) is 6.54. The summed E-state index contributed by atoms with van der Waals surface area (Å²) < 4.78 is 22.1. The van der Waals surface area contributed by atoms with E-state index in [-0.39, 0.29) is 69.3 Å². The van der Waals surface area contributed by atoms with Gasteiger partial charge in [0.2, 0.25) is 0 Å². The van der Waals surface area contributed by atoms with Crippen molar-refractivity contribution in [2.75, 3.05) is 101 Å². The fourth-order valence-corrected chi connectivity index (χ4v) is 7.01. The molecule has 24 heteroatoms. The maximum Gasteiger partial charge on any atom is 0.157 e. The molecule has 0 saturated carbocycles. The van der Waals surface area contributed by atoms with E-state index in [1.165, 1.54) is 18.9 Å². The van der Waals surface area contributed by atoms with E-state index in [0.29, 0.717) is 77.1 Å². The molecular weight excluding hydrogens is 1060 g/mol. The van der Waals surface area contributed by atoms with Crippen LogP contribution in [0, 0.1) is 0 Å². The van der Waals surface area contributed by atoms with Gasteiger partial charge in [-0.15, -0.1) is 37.2 Å². The molecule has 8 rings (SSSR count). The van der Waals surface area contributed by atoms with Crippen molar-refractivity contribution in [2.24, 2.45) is 11.1 Å². The Labute approximate surface area is 462 Å². The Bertz CT molecular complexity index is 2520. The number of benzene rings is 4. The standard InChI is InChI=1S/C24H27ClN6O3.C18H15ClN4O2.C6H14N2O2.2CH4.3ClH/c25-21-14-19(6-7-22(21)33-16-18-4-2-1-3-5-18)30-24-20(23(26)27-17-28-24)15-29-34-13-10-31-8-11-32-12-9-31;19-15-8-13(23-18-14(9-24)17(20)21-11-22-18)6-7-16(15)25-10-12-4-2-1-3-5-12;7-10-6-3-8-1-4-9-5-2-8;;;;;/h1-7,14-15,17H,8-13,16H2,(H3,26,27,28,30);1-9,11H,10H2,(H3,20,21,22,23);1-7H2;2*1H4;3*1H/b29-15+;;;;;;;. The van der Waals surface area contributed by atoms with Crippen molar-refractivity contribution < 1.29 is 33.4 Å². The van der Waals surface area contributed by atoms with Crippen LogP contribution in [-0.4, -0.2) is 121 Å². The lowest BCUT2D eigenvalue weighted by Crippen LogP contribution is -2.38. The summed E-state index contributed by atoms with van der Waals surface area (Å²) in [4.78, 5) is 41.7. The third-order valence-electron chi connectivity index (χ3n) is 10.3. The zero-order valence-electron chi connectivity index (χ0n) is 39.1. The van der Waals surface area contributed by atoms with Crippen molar-refractivity contribution in [3.8, 4) is 11.5 Å². The predicted molar refractivity (Wildman–Crippen MR) is 303 cm³/mol. The quantitative estimate of drug-likeness (QED) is 0.0219. The van der Waals surface area contributed by atoms with E-state index >= 15 is 0 Å². The number of carbonyl (C=O) groups is 1. The van der Waals surface area contributed by atoms with E-state index in [9.17, 15) is 4.79 Å². The molecule has 2 saturated heterocycles. The summed E-state index contributed by atoms with van der Waals surface area (Å²) in [5, 5.41) is 11.2. The SMILES string of the molecule is C.C.Cl.Cl.Cl.NOCCN1CCOCC1.Nc1ncnc(Nc2ccc(OCc3ccccc3)c(Cl)c2)c1/C=N/OCCN1CCOCC1.Nc1ncnc(Nc2ccc(OCc3ccccc3)c(Cl)c2)c1C=O. The van der Waals surface area contributed by atoms with Crippen molar-refractivity contribution in [1.29, 1.82) is 0 Å². The number of aromatic nitrogens is 4. The molecule has 0 unspecified atom stereocenters. The molecule has 6 aromatic rings. The third kappa shape index (κ3) is 22.3. The van der Waals surface area contributed by atoms with E-state index < -0.39 is 0 Å². The molecule has 8 N–H and O–H groups in total. The van der Waals surface area contributed by atoms with E-state index in [2.05, 4.69) is 50.4 Å². The largest absolute Gasteiger partial charge is 0.487 e. The molecular formula is C50H67Cl5N12O7. The van der Waals surface area contributed by atoms with Crippen LogP contribution in [0.2, 0.25) is 10.0 Å². The Morgan fingerprint density at radius 2 is 1.05 bits per heavy atom. The van der Waals surface area contributed by atoms with Gasteiger partial charge in [-0.25, -0.2) is 25.8 Å². The second-order valence-electron chi connectivity index (χ2n) is 15.1. The predicted octanol–water partition coefficient (Wildman–Crippen LogP) is 9.31. The Balaban J connectivity index is 0.000000604. The molecule has 19 nitrogen and oxygen atoms in total. The number of anilines is 6. The molecule has 74 heavy (non-hydrogen) atoms. The Kier molecular flexibility index (Phi) is 33.1. The molecule has 0 bridgehead atoms. The first kappa shape index (κ1) is 66.2. The van der Waals surface area contributed by atoms with E-state index in [4.69, 9.17) is 64.4 Å². The van der Waals surface area contributed by atoms with Gasteiger partial charge in [0.25, 0.3) is 0 Å². The van der Waals surface area contributed by atoms with E-state index in [1.807, 2.05) is 66.7 Å². The van der Waals surface area contributed by atoms with Crippen LogP contribution in [0.5, 0.6) is 11.5 Å². The second kappa shape index (κ2) is 37.0. The number of carbonyl (C=O) groups excluding carboxylic acids is 1. The zero-order valence-corrected chi connectivity index (χ0v) is 43.1. The van der Waals surface area contributed by atoms with E-state index in [1.54, 1.807) is 30.3 Å². The van der Waals surface area contributed by atoms with Gasteiger partial charge in [-0.2, -0.15) is 0 Å². The average Bonchev–Trinajstić information content (AvgIpc) is 3.37. The number of nitrogens with two attached hydrogens (primary N) is 3. The topological polar surface area (TPSA) is 245 Å². The number of ether oxygens (including phenoxy) is 4. The van der Waals surface area contributed by atoms with Crippen molar-refractivity contribution in [3.05, 3.63) is 142 Å². The molecule has 404 valence electrons. The molecule has 4 heterocycles. The molecule has 2 aromatic heterocycles. The zero-order chi connectivity index (χ0) is 48.5. The average molecular weight is 1130 g/mol. The molecule has 0 radical (unpaired) electrons. The number of hydrogen-bond donors (Lipinski definition) is 5. The lowest BCUT2D eigenvalue weighted by molar-refractivity contribution is 0.0203. The van der Waals surface area contributed by atoms with Gasteiger partial charge in [-0.3, -0.25) is 14.6 Å². The van der Waals surface area contributed by atoms with Crippen LogP contribution in [0.15, 0.2) is 115 Å². The number of hydrogen-bond acceptors (Lipinski definition) is 19. The molecule has 2 aliphatic rings. The Morgan fingerprint density at radius 3 is 1.49 bits per heavy atom. The summed E-state index contributed by atoms with van der Waals surface area (Å²) in [6, 6.07) is 30.3. The number of aldehydes is 1. The first-order valence-corrected chi connectivity index (χ1v) is 22.7. The summed E-state index contributed by atoms with van der Waals surface area (Å²) in [5.41, 5.74) is 15.9. The van der Waals surface area contributed by atoms with Gasteiger partial charge in [0.15, 0.2) is 6.29 Å². The molecule has 0 amide bonds. The molecule has 2 fully saturated rings.